The van der Waals surface area contributed by atoms with Gasteiger partial charge in [-0.15, -0.1) is 0 Å². The average Bonchev–Trinajstić information content (AvgIpc) is 2.03. The molecule has 0 fully saturated rings. The second kappa shape index (κ2) is 3.76. The Morgan fingerprint density at radius 1 is 1.36 bits per heavy atom. The Balaban J connectivity index is 2.77. The Morgan fingerprint density at radius 2 is 2.09 bits per heavy atom. The number of hydrogen-bond acceptors (Lipinski definition) is 1. The van der Waals surface area contributed by atoms with E-state index in [2.05, 4.69) is 0 Å². The van der Waals surface area contributed by atoms with Crippen molar-refractivity contribution in [1.29, 1.82) is 0 Å². The highest BCUT2D eigenvalue weighted by molar-refractivity contribution is 5.19. The largest absolute Gasteiger partial charge is 0.516 e. The smallest absolute Gasteiger partial charge is 0.126 e. The normalized spacial score (nSPS) is 10.6. The molecule has 0 aromatic heterocycles. The van der Waals surface area contributed by atoms with Gasteiger partial charge in [-0.1, -0.05) is 18.2 Å². The van der Waals surface area contributed by atoms with Gasteiger partial charge in [-0.05, 0) is 24.1 Å². The predicted octanol–water partition coefficient (Wildman–Crippen LogP) is 2.44. The maximum atomic E-state index is 12.8. The van der Waals surface area contributed by atoms with Crippen molar-refractivity contribution in [2.75, 3.05) is 0 Å². The summed E-state index contributed by atoms with van der Waals surface area (Å²) in [5.74, 6) is -0.231. The molecule has 0 aliphatic heterocycles. The first-order valence-electron chi connectivity index (χ1n) is 3.37. The molecule has 0 saturated carbocycles. The van der Waals surface area contributed by atoms with Crippen molar-refractivity contribution in [2.24, 2.45) is 0 Å². The molecule has 0 heterocycles. The van der Waals surface area contributed by atoms with Crippen LogP contribution >= 0.6 is 0 Å². The lowest BCUT2D eigenvalue weighted by Crippen LogP contribution is -1.85. The zero-order chi connectivity index (χ0) is 8.10. The van der Waals surface area contributed by atoms with Crippen molar-refractivity contribution in [3.63, 3.8) is 0 Å². The summed E-state index contributed by atoms with van der Waals surface area (Å²) >= 11 is 0. The van der Waals surface area contributed by atoms with E-state index in [-0.39, 0.29) is 5.82 Å². The molecule has 58 valence electrons. The molecule has 1 nitrogen and oxygen atoms in total. The van der Waals surface area contributed by atoms with E-state index in [1.807, 2.05) is 0 Å². The van der Waals surface area contributed by atoms with Crippen molar-refractivity contribution in [2.45, 2.75) is 6.42 Å². The monoisotopic (exact) mass is 152 g/mol. The van der Waals surface area contributed by atoms with Crippen LogP contribution in [0.4, 0.5) is 4.39 Å². The molecule has 0 atom stereocenters. The van der Waals surface area contributed by atoms with E-state index in [1.165, 1.54) is 12.1 Å². The third-order valence-electron chi connectivity index (χ3n) is 1.40. The van der Waals surface area contributed by atoms with E-state index in [1.54, 1.807) is 18.2 Å². The van der Waals surface area contributed by atoms with E-state index >= 15 is 0 Å². The van der Waals surface area contributed by atoms with Crippen LogP contribution in [-0.4, -0.2) is 5.11 Å². The molecule has 2 heteroatoms. The molecule has 1 aromatic rings. The van der Waals surface area contributed by atoms with Crippen LogP contribution in [0, 0.1) is 5.82 Å². The minimum absolute atomic E-state index is 0.231. The summed E-state index contributed by atoms with van der Waals surface area (Å²) in [6.07, 6.45) is 2.86. The highest BCUT2D eigenvalue weighted by Crippen LogP contribution is 2.06. The third kappa shape index (κ3) is 2.08. The van der Waals surface area contributed by atoms with Crippen LogP contribution in [0.1, 0.15) is 5.56 Å². The number of benzene rings is 1. The summed E-state index contributed by atoms with van der Waals surface area (Å²) in [6.45, 7) is 0. The lowest BCUT2D eigenvalue weighted by atomic mass is 10.1. The number of hydrogen-bond donors (Lipinski definition) is 1. The zero-order valence-corrected chi connectivity index (χ0v) is 6.00. The highest BCUT2D eigenvalue weighted by atomic mass is 19.1. The minimum atomic E-state index is -0.231. The van der Waals surface area contributed by atoms with Crippen molar-refractivity contribution < 1.29 is 9.50 Å². The molecular formula is C9H9FO. The summed E-state index contributed by atoms with van der Waals surface area (Å²) in [4.78, 5) is 0. The van der Waals surface area contributed by atoms with Gasteiger partial charge in [-0.3, -0.25) is 0 Å². The molecule has 0 aliphatic carbocycles. The van der Waals surface area contributed by atoms with Gasteiger partial charge in [0.05, 0.1) is 6.26 Å². The predicted molar refractivity (Wildman–Crippen MR) is 41.9 cm³/mol. The molecule has 1 aromatic carbocycles. The van der Waals surface area contributed by atoms with Crippen molar-refractivity contribution >= 4 is 0 Å². The van der Waals surface area contributed by atoms with Gasteiger partial charge in [0.15, 0.2) is 0 Å². The second-order valence-electron chi connectivity index (χ2n) is 2.18. The fourth-order valence-electron chi connectivity index (χ4n) is 0.844. The highest BCUT2D eigenvalue weighted by Gasteiger charge is 1.95. The standard InChI is InChI=1S/C9H9FO/c10-9-6-2-1-4-8(9)5-3-7-11/h1-4,6-7,11H,5H2. The van der Waals surface area contributed by atoms with E-state index < -0.39 is 0 Å². The molecule has 0 saturated heterocycles. The van der Waals surface area contributed by atoms with Crippen LogP contribution in [0.3, 0.4) is 0 Å². The first-order chi connectivity index (χ1) is 5.34. The lowest BCUT2D eigenvalue weighted by molar-refractivity contribution is 0.471. The first-order valence-corrected chi connectivity index (χ1v) is 3.37. The molecule has 0 unspecified atom stereocenters. The van der Waals surface area contributed by atoms with Crippen LogP contribution in [0.2, 0.25) is 0 Å². The Bertz CT molecular complexity index is 255. The van der Waals surface area contributed by atoms with Gasteiger partial charge in [0.1, 0.15) is 5.82 Å². The molecule has 1 N–H and O–H groups in total. The Hall–Kier alpha value is -1.31. The van der Waals surface area contributed by atoms with Gasteiger partial charge in [0.2, 0.25) is 0 Å². The summed E-state index contributed by atoms with van der Waals surface area (Å²) in [5, 5.41) is 8.32. The van der Waals surface area contributed by atoms with Gasteiger partial charge >= 0.3 is 0 Å². The molecule has 0 radical (unpaired) electrons. The van der Waals surface area contributed by atoms with Gasteiger partial charge < -0.3 is 5.11 Å². The van der Waals surface area contributed by atoms with Gasteiger partial charge in [0, 0.05) is 0 Å². The van der Waals surface area contributed by atoms with Crippen LogP contribution in [0.15, 0.2) is 36.6 Å². The number of halogens is 1. The van der Waals surface area contributed by atoms with Crippen molar-refractivity contribution in [3.05, 3.63) is 48.0 Å². The first kappa shape index (κ1) is 7.79. The quantitative estimate of drug-likeness (QED) is 0.645. The second-order valence-corrected chi connectivity index (χ2v) is 2.18. The lowest BCUT2D eigenvalue weighted by Gasteiger charge is -1.96. The minimum Gasteiger partial charge on any atom is -0.516 e. The van der Waals surface area contributed by atoms with Crippen molar-refractivity contribution in [3.8, 4) is 0 Å². The van der Waals surface area contributed by atoms with Crippen LogP contribution in [0.5, 0.6) is 0 Å². The summed E-state index contributed by atoms with van der Waals surface area (Å²) in [7, 11) is 0. The molecule has 11 heavy (non-hydrogen) atoms. The van der Waals surface area contributed by atoms with Crippen molar-refractivity contribution in [1.82, 2.24) is 0 Å². The fourth-order valence-corrected chi connectivity index (χ4v) is 0.844. The summed E-state index contributed by atoms with van der Waals surface area (Å²) in [5.41, 5.74) is 0.595. The van der Waals surface area contributed by atoms with Crippen LogP contribution in [-0.2, 0) is 6.42 Å². The maximum absolute atomic E-state index is 12.8. The molecular weight excluding hydrogens is 143 g/mol. The van der Waals surface area contributed by atoms with Crippen LogP contribution in [0.25, 0.3) is 0 Å². The number of rotatable bonds is 2. The molecule has 0 aliphatic rings. The number of aliphatic hydroxyl groups excluding tert-OH is 1. The fraction of sp³-hybridized carbons (Fsp3) is 0.111. The Morgan fingerprint density at radius 3 is 2.73 bits per heavy atom. The summed E-state index contributed by atoms with van der Waals surface area (Å²) in [6, 6.07) is 6.50. The van der Waals surface area contributed by atoms with Gasteiger partial charge in [-0.2, -0.15) is 0 Å². The number of allylic oxidation sites excluding steroid dienone is 1. The maximum Gasteiger partial charge on any atom is 0.126 e. The SMILES string of the molecule is OC=CCc1ccccc1F. The summed E-state index contributed by atoms with van der Waals surface area (Å²) < 4.78 is 12.8. The Kier molecular flexibility index (Phi) is 2.66. The molecule has 0 spiro atoms. The van der Waals surface area contributed by atoms with E-state index in [9.17, 15) is 4.39 Å². The van der Waals surface area contributed by atoms with E-state index in [4.69, 9.17) is 5.11 Å². The molecule has 0 amide bonds. The number of aliphatic hydroxyl groups is 1. The van der Waals surface area contributed by atoms with Gasteiger partial charge in [0.25, 0.3) is 0 Å². The van der Waals surface area contributed by atoms with E-state index in [0.717, 1.165) is 6.26 Å². The Labute approximate surface area is 64.8 Å². The third-order valence-corrected chi connectivity index (χ3v) is 1.40. The zero-order valence-electron chi connectivity index (χ0n) is 6.00. The van der Waals surface area contributed by atoms with Crippen LogP contribution < -0.4 is 0 Å². The molecule has 0 bridgehead atoms. The topological polar surface area (TPSA) is 20.2 Å². The van der Waals surface area contributed by atoms with Gasteiger partial charge in [-0.25, -0.2) is 4.39 Å². The molecule has 1 rings (SSSR count). The average molecular weight is 152 g/mol. The van der Waals surface area contributed by atoms with E-state index in [0.29, 0.717) is 12.0 Å².